The van der Waals surface area contributed by atoms with Crippen molar-refractivity contribution in [3.63, 3.8) is 0 Å². The molecule has 0 aliphatic rings. The lowest BCUT2D eigenvalue weighted by Crippen LogP contribution is -2.12. The highest BCUT2D eigenvalue weighted by molar-refractivity contribution is 5.67. The molecule has 0 saturated carbocycles. The van der Waals surface area contributed by atoms with E-state index in [1.807, 2.05) is 86.5 Å². The Morgan fingerprint density at radius 1 is 0.783 bits per heavy atom. The molecule has 2 aromatic carbocycles. The Balaban J connectivity index is 2.34. The molecule has 2 rings (SSSR count). The summed E-state index contributed by atoms with van der Waals surface area (Å²) in [5, 5.41) is 0. The van der Waals surface area contributed by atoms with Gasteiger partial charge in [0.15, 0.2) is 6.10 Å². The van der Waals surface area contributed by atoms with E-state index in [1.165, 1.54) is 6.92 Å². The van der Waals surface area contributed by atoms with E-state index in [-0.39, 0.29) is 12.1 Å². The van der Waals surface area contributed by atoms with Crippen molar-refractivity contribution in [2.45, 2.75) is 13.0 Å². The Morgan fingerprint density at radius 3 is 1.39 bits per heavy atom. The predicted molar refractivity (Wildman–Crippen MR) is 95.1 cm³/mol. The number of esters is 1. The van der Waals surface area contributed by atoms with E-state index in [0.717, 1.165) is 22.5 Å². The first-order valence-electron chi connectivity index (χ1n) is 7.60. The molecule has 122 valence electrons. The van der Waals surface area contributed by atoms with Crippen molar-refractivity contribution in [1.29, 1.82) is 0 Å². The van der Waals surface area contributed by atoms with Crippen molar-refractivity contribution in [2.24, 2.45) is 0 Å². The maximum Gasteiger partial charge on any atom is 0.303 e. The lowest BCUT2D eigenvalue weighted by molar-refractivity contribution is -0.144. The standard InChI is InChI=1S/C19H24N2O2/c1-14(22)23-19(15-6-10-17(11-7-15)20(2)3)16-8-12-18(13-9-16)21(4)5/h6-13,19H,1-5H3. The van der Waals surface area contributed by atoms with Gasteiger partial charge in [0.25, 0.3) is 0 Å². The van der Waals surface area contributed by atoms with Crippen LogP contribution in [0.15, 0.2) is 48.5 Å². The largest absolute Gasteiger partial charge is 0.453 e. The number of carbonyl (C=O) groups is 1. The molecule has 0 aliphatic heterocycles. The molecule has 0 radical (unpaired) electrons. The molecule has 0 heterocycles. The van der Waals surface area contributed by atoms with Crippen molar-refractivity contribution >= 4 is 17.3 Å². The molecule has 0 amide bonds. The quantitative estimate of drug-likeness (QED) is 0.792. The average molecular weight is 312 g/mol. The van der Waals surface area contributed by atoms with Gasteiger partial charge in [0.2, 0.25) is 0 Å². The summed E-state index contributed by atoms with van der Waals surface area (Å²) in [5.74, 6) is -0.289. The van der Waals surface area contributed by atoms with Crippen LogP contribution in [0, 0.1) is 0 Å². The van der Waals surface area contributed by atoms with E-state index in [0.29, 0.717) is 0 Å². The van der Waals surface area contributed by atoms with Crippen LogP contribution in [-0.4, -0.2) is 34.2 Å². The summed E-state index contributed by atoms with van der Waals surface area (Å²) in [5.41, 5.74) is 4.14. The third-order valence-corrected chi connectivity index (χ3v) is 3.71. The number of ether oxygens (including phenoxy) is 1. The Hall–Kier alpha value is -2.49. The summed E-state index contributed by atoms with van der Waals surface area (Å²) in [6, 6.07) is 16.1. The van der Waals surface area contributed by atoms with Crippen LogP contribution < -0.4 is 9.80 Å². The fourth-order valence-electron chi connectivity index (χ4n) is 2.39. The van der Waals surface area contributed by atoms with Crippen molar-refractivity contribution in [2.75, 3.05) is 38.0 Å². The van der Waals surface area contributed by atoms with Gasteiger partial charge in [-0.25, -0.2) is 0 Å². The van der Waals surface area contributed by atoms with E-state index < -0.39 is 0 Å². The summed E-state index contributed by atoms with van der Waals surface area (Å²) in [7, 11) is 7.99. The molecule has 0 atom stereocenters. The van der Waals surface area contributed by atoms with E-state index in [4.69, 9.17) is 4.74 Å². The first-order chi connectivity index (χ1) is 10.9. The molecule has 4 nitrogen and oxygen atoms in total. The Labute approximate surface area is 138 Å². The van der Waals surface area contributed by atoms with Crippen molar-refractivity contribution < 1.29 is 9.53 Å². The molecule has 0 aromatic heterocycles. The van der Waals surface area contributed by atoms with Gasteiger partial charge in [-0.2, -0.15) is 0 Å². The average Bonchev–Trinajstić information content (AvgIpc) is 2.52. The molecule has 2 aromatic rings. The number of rotatable bonds is 5. The molecule has 0 spiro atoms. The first-order valence-corrected chi connectivity index (χ1v) is 7.60. The molecule has 0 aliphatic carbocycles. The van der Waals surface area contributed by atoms with E-state index >= 15 is 0 Å². The van der Waals surface area contributed by atoms with Crippen LogP contribution in [0.1, 0.15) is 24.2 Å². The number of hydrogen-bond donors (Lipinski definition) is 0. The number of anilines is 2. The van der Waals surface area contributed by atoms with E-state index in [9.17, 15) is 4.79 Å². The van der Waals surface area contributed by atoms with Crippen LogP contribution in [0.2, 0.25) is 0 Å². The summed E-state index contributed by atoms with van der Waals surface area (Å²) in [4.78, 5) is 15.6. The molecule has 0 N–H and O–H groups in total. The third-order valence-electron chi connectivity index (χ3n) is 3.71. The van der Waals surface area contributed by atoms with Gasteiger partial charge >= 0.3 is 5.97 Å². The normalized spacial score (nSPS) is 10.5. The van der Waals surface area contributed by atoms with Gasteiger partial charge in [0, 0.05) is 46.5 Å². The van der Waals surface area contributed by atoms with E-state index in [2.05, 4.69) is 0 Å². The highest BCUT2D eigenvalue weighted by Gasteiger charge is 2.17. The fraction of sp³-hybridized carbons (Fsp3) is 0.316. The highest BCUT2D eigenvalue weighted by Crippen LogP contribution is 2.29. The lowest BCUT2D eigenvalue weighted by Gasteiger charge is -2.20. The molecule has 0 unspecified atom stereocenters. The number of nitrogens with zero attached hydrogens (tertiary/aromatic N) is 2. The minimum atomic E-state index is -0.389. The SMILES string of the molecule is CC(=O)OC(c1ccc(N(C)C)cc1)c1ccc(N(C)C)cc1. The van der Waals surface area contributed by atoms with Crippen LogP contribution in [0.25, 0.3) is 0 Å². The maximum atomic E-state index is 11.5. The zero-order valence-electron chi connectivity index (χ0n) is 14.4. The molecular formula is C19H24N2O2. The summed E-state index contributed by atoms with van der Waals surface area (Å²) in [6.07, 6.45) is -0.389. The lowest BCUT2D eigenvalue weighted by atomic mass is 10.0. The van der Waals surface area contributed by atoms with Crippen molar-refractivity contribution in [3.05, 3.63) is 59.7 Å². The minimum Gasteiger partial charge on any atom is -0.453 e. The van der Waals surface area contributed by atoms with Gasteiger partial charge in [-0.15, -0.1) is 0 Å². The number of hydrogen-bond acceptors (Lipinski definition) is 4. The van der Waals surface area contributed by atoms with Gasteiger partial charge < -0.3 is 14.5 Å². The molecule has 23 heavy (non-hydrogen) atoms. The topological polar surface area (TPSA) is 32.8 Å². The smallest absolute Gasteiger partial charge is 0.303 e. The van der Waals surface area contributed by atoms with Gasteiger partial charge in [-0.3, -0.25) is 4.79 Å². The van der Waals surface area contributed by atoms with Gasteiger partial charge in [0.05, 0.1) is 0 Å². The number of carbonyl (C=O) groups excluding carboxylic acids is 1. The second kappa shape index (κ2) is 7.18. The molecule has 0 fully saturated rings. The van der Waals surface area contributed by atoms with Crippen molar-refractivity contribution in [1.82, 2.24) is 0 Å². The summed E-state index contributed by atoms with van der Waals surface area (Å²) < 4.78 is 5.56. The fourth-order valence-corrected chi connectivity index (χ4v) is 2.39. The van der Waals surface area contributed by atoms with Crippen molar-refractivity contribution in [3.8, 4) is 0 Å². The Bertz CT molecular complexity index is 595. The highest BCUT2D eigenvalue weighted by atomic mass is 16.5. The van der Waals surface area contributed by atoms with Crippen LogP contribution in [0.5, 0.6) is 0 Å². The molecule has 0 saturated heterocycles. The van der Waals surface area contributed by atoms with Crippen LogP contribution in [-0.2, 0) is 9.53 Å². The summed E-state index contributed by atoms with van der Waals surface area (Å²) in [6.45, 7) is 1.44. The molecular weight excluding hydrogens is 288 g/mol. The predicted octanol–water partition coefficient (Wildman–Crippen LogP) is 3.47. The van der Waals surface area contributed by atoms with Gasteiger partial charge in [-0.05, 0) is 35.4 Å². The van der Waals surface area contributed by atoms with E-state index in [1.54, 1.807) is 0 Å². The second-order valence-electron chi connectivity index (χ2n) is 5.96. The zero-order valence-corrected chi connectivity index (χ0v) is 14.4. The number of benzene rings is 2. The third kappa shape index (κ3) is 4.25. The summed E-state index contributed by atoms with van der Waals surface area (Å²) >= 11 is 0. The molecule has 0 bridgehead atoms. The van der Waals surface area contributed by atoms with Crippen LogP contribution in [0.4, 0.5) is 11.4 Å². The maximum absolute atomic E-state index is 11.5. The monoisotopic (exact) mass is 312 g/mol. The molecule has 4 heteroatoms. The Kier molecular flexibility index (Phi) is 5.27. The van der Waals surface area contributed by atoms with Gasteiger partial charge in [-0.1, -0.05) is 24.3 Å². The first kappa shape index (κ1) is 16.9. The van der Waals surface area contributed by atoms with Gasteiger partial charge in [0.1, 0.15) is 0 Å². The zero-order chi connectivity index (χ0) is 17.0. The van der Waals surface area contributed by atoms with Crippen LogP contribution in [0.3, 0.4) is 0 Å². The minimum absolute atomic E-state index is 0.289. The Morgan fingerprint density at radius 2 is 1.13 bits per heavy atom. The van der Waals surface area contributed by atoms with Crippen LogP contribution >= 0.6 is 0 Å². The second-order valence-corrected chi connectivity index (χ2v) is 5.96.